The van der Waals surface area contributed by atoms with E-state index in [0.717, 1.165) is 0 Å². The molecule has 0 aromatic rings. The van der Waals surface area contributed by atoms with Crippen LogP contribution in [0.15, 0.2) is 0 Å². The molecular formula is C11H23NO4. The summed E-state index contributed by atoms with van der Waals surface area (Å²) in [5, 5.41) is 0. The van der Waals surface area contributed by atoms with Crippen molar-refractivity contribution in [1.29, 1.82) is 0 Å². The summed E-state index contributed by atoms with van der Waals surface area (Å²) in [5.74, 6) is -0.227. The van der Waals surface area contributed by atoms with Gasteiger partial charge in [-0.25, -0.2) is 0 Å². The second kappa shape index (κ2) is 7.60. The lowest BCUT2D eigenvalue weighted by atomic mass is 10.1. The van der Waals surface area contributed by atoms with Gasteiger partial charge in [0.2, 0.25) is 0 Å². The molecule has 0 aromatic heterocycles. The lowest BCUT2D eigenvalue weighted by Crippen LogP contribution is -2.29. The third-order valence-corrected chi connectivity index (χ3v) is 1.67. The Labute approximate surface area is 97.2 Å². The highest BCUT2D eigenvalue weighted by Gasteiger charge is 2.16. The van der Waals surface area contributed by atoms with Crippen molar-refractivity contribution in [3.05, 3.63) is 0 Å². The standard InChI is InChI=1S/C11H23NO4/c1-11(2,3)16-10(13)6-5-9(12)7-15-8-14-4/h9H,5-8,12H2,1-4H3/t9-/m1/s1. The van der Waals surface area contributed by atoms with Crippen molar-refractivity contribution in [3.63, 3.8) is 0 Å². The number of rotatable bonds is 7. The molecule has 0 amide bonds. The Morgan fingerprint density at radius 1 is 1.38 bits per heavy atom. The first kappa shape index (κ1) is 15.3. The van der Waals surface area contributed by atoms with E-state index in [4.69, 9.17) is 19.9 Å². The summed E-state index contributed by atoms with van der Waals surface area (Å²) in [6.45, 7) is 6.13. The molecule has 0 spiro atoms. The van der Waals surface area contributed by atoms with Crippen LogP contribution < -0.4 is 5.73 Å². The molecule has 0 aliphatic heterocycles. The molecule has 0 unspecified atom stereocenters. The second-order valence-corrected chi connectivity index (χ2v) is 4.66. The summed E-state index contributed by atoms with van der Waals surface area (Å²) in [7, 11) is 1.55. The minimum absolute atomic E-state index is 0.164. The van der Waals surface area contributed by atoms with Crippen LogP contribution in [-0.4, -0.2) is 38.1 Å². The number of methoxy groups -OCH3 is 1. The van der Waals surface area contributed by atoms with Gasteiger partial charge >= 0.3 is 5.97 Å². The quantitative estimate of drug-likeness (QED) is 0.404. The Kier molecular flexibility index (Phi) is 7.29. The Hall–Kier alpha value is -0.650. The predicted molar refractivity (Wildman–Crippen MR) is 60.9 cm³/mol. The molecule has 96 valence electrons. The molecule has 0 aliphatic carbocycles. The van der Waals surface area contributed by atoms with E-state index in [-0.39, 0.29) is 18.8 Å². The normalized spacial score (nSPS) is 13.6. The number of hydrogen-bond acceptors (Lipinski definition) is 5. The van der Waals surface area contributed by atoms with Crippen molar-refractivity contribution in [3.8, 4) is 0 Å². The van der Waals surface area contributed by atoms with E-state index >= 15 is 0 Å². The SMILES string of the molecule is COCOC[C@H](N)CCC(=O)OC(C)(C)C. The maximum atomic E-state index is 11.3. The molecule has 0 fully saturated rings. The summed E-state index contributed by atoms with van der Waals surface area (Å²) in [6.07, 6.45) is 0.868. The van der Waals surface area contributed by atoms with Gasteiger partial charge in [0, 0.05) is 19.6 Å². The van der Waals surface area contributed by atoms with Gasteiger partial charge in [-0.2, -0.15) is 0 Å². The highest BCUT2D eigenvalue weighted by Crippen LogP contribution is 2.09. The minimum Gasteiger partial charge on any atom is -0.460 e. The van der Waals surface area contributed by atoms with Crippen LogP contribution in [-0.2, 0) is 19.0 Å². The Balaban J connectivity index is 3.59. The van der Waals surface area contributed by atoms with E-state index in [1.54, 1.807) is 7.11 Å². The van der Waals surface area contributed by atoms with E-state index in [9.17, 15) is 4.79 Å². The molecule has 5 nitrogen and oxygen atoms in total. The largest absolute Gasteiger partial charge is 0.460 e. The number of hydrogen-bond donors (Lipinski definition) is 1. The Bertz CT molecular complexity index is 201. The van der Waals surface area contributed by atoms with Gasteiger partial charge in [0.05, 0.1) is 6.61 Å². The van der Waals surface area contributed by atoms with Crippen molar-refractivity contribution < 1.29 is 19.0 Å². The molecule has 0 heterocycles. The molecule has 1 atom stereocenters. The highest BCUT2D eigenvalue weighted by molar-refractivity contribution is 5.69. The first-order valence-corrected chi connectivity index (χ1v) is 5.39. The zero-order chi connectivity index (χ0) is 12.6. The lowest BCUT2D eigenvalue weighted by Gasteiger charge is -2.20. The number of carbonyl (C=O) groups excluding carboxylic acids is 1. The fourth-order valence-electron chi connectivity index (χ4n) is 1.06. The molecule has 0 aromatic carbocycles. The predicted octanol–water partition coefficient (Wildman–Crippen LogP) is 1.06. The number of esters is 1. The molecule has 0 rings (SSSR count). The van der Waals surface area contributed by atoms with Crippen molar-refractivity contribution in [1.82, 2.24) is 0 Å². The van der Waals surface area contributed by atoms with Gasteiger partial charge in [0.15, 0.2) is 0 Å². The maximum Gasteiger partial charge on any atom is 0.306 e. The van der Waals surface area contributed by atoms with Gasteiger partial charge in [0.25, 0.3) is 0 Å². The molecule has 5 heteroatoms. The summed E-state index contributed by atoms with van der Waals surface area (Å²) >= 11 is 0. The third kappa shape index (κ3) is 9.89. The monoisotopic (exact) mass is 233 g/mol. The van der Waals surface area contributed by atoms with Crippen LogP contribution in [0.4, 0.5) is 0 Å². The van der Waals surface area contributed by atoms with Crippen LogP contribution in [0.5, 0.6) is 0 Å². The van der Waals surface area contributed by atoms with Crippen LogP contribution in [0.25, 0.3) is 0 Å². The molecule has 0 radical (unpaired) electrons. The number of carbonyl (C=O) groups is 1. The lowest BCUT2D eigenvalue weighted by molar-refractivity contribution is -0.155. The van der Waals surface area contributed by atoms with Gasteiger partial charge in [-0.15, -0.1) is 0 Å². The zero-order valence-electron chi connectivity index (χ0n) is 10.6. The van der Waals surface area contributed by atoms with Crippen LogP contribution in [0.1, 0.15) is 33.6 Å². The molecular weight excluding hydrogens is 210 g/mol. The van der Waals surface area contributed by atoms with Gasteiger partial charge in [-0.1, -0.05) is 0 Å². The second-order valence-electron chi connectivity index (χ2n) is 4.66. The van der Waals surface area contributed by atoms with E-state index in [1.807, 2.05) is 20.8 Å². The minimum atomic E-state index is -0.437. The Morgan fingerprint density at radius 3 is 2.50 bits per heavy atom. The van der Waals surface area contributed by atoms with Gasteiger partial charge in [0.1, 0.15) is 12.4 Å². The van der Waals surface area contributed by atoms with E-state index in [2.05, 4.69) is 0 Å². The van der Waals surface area contributed by atoms with Crippen molar-refractivity contribution in [2.75, 3.05) is 20.5 Å². The topological polar surface area (TPSA) is 70.8 Å². The first-order valence-electron chi connectivity index (χ1n) is 5.39. The maximum absolute atomic E-state index is 11.3. The smallest absolute Gasteiger partial charge is 0.306 e. The zero-order valence-corrected chi connectivity index (χ0v) is 10.6. The molecule has 0 bridgehead atoms. The number of ether oxygens (including phenoxy) is 3. The van der Waals surface area contributed by atoms with Crippen molar-refractivity contribution in [2.45, 2.75) is 45.3 Å². The van der Waals surface area contributed by atoms with Crippen molar-refractivity contribution in [2.24, 2.45) is 5.73 Å². The molecule has 0 saturated carbocycles. The molecule has 0 saturated heterocycles. The van der Waals surface area contributed by atoms with Crippen LogP contribution in [0.2, 0.25) is 0 Å². The van der Waals surface area contributed by atoms with Gasteiger partial charge < -0.3 is 19.9 Å². The Morgan fingerprint density at radius 2 is 2.00 bits per heavy atom. The highest BCUT2D eigenvalue weighted by atomic mass is 16.7. The fourth-order valence-corrected chi connectivity index (χ4v) is 1.06. The van der Waals surface area contributed by atoms with Crippen LogP contribution in [0.3, 0.4) is 0 Å². The average Bonchev–Trinajstić information content (AvgIpc) is 2.12. The molecule has 0 aliphatic rings. The summed E-state index contributed by atoms with van der Waals surface area (Å²) in [6, 6.07) is -0.164. The van der Waals surface area contributed by atoms with Crippen LogP contribution >= 0.6 is 0 Å². The summed E-state index contributed by atoms with van der Waals surface area (Å²) in [5.41, 5.74) is 5.30. The summed E-state index contributed by atoms with van der Waals surface area (Å²) < 4.78 is 14.9. The van der Waals surface area contributed by atoms with Crippen LogP contribution in [0, 0.1) is 0 Å². The molecule has 2 N–H and O–H groups in total. The molecule has 16 heavy (non-hydrogen) atoms. The summed E-state index contributed by atoms with van der Waals surface area (Å²) in [4.78, 5) is 11.3. The fraction of sp³-hybridized carbons (Fsp3) is 0.909. The first-order chi connectivity index (χ1) is 7.35. The van der Waals surface area contributed by atoms with Gasteiger partial charge in [-0.05, 0) is 27.2 Å². The van der Waals surface area contributed by atoms with E-state index in [1.165, 1.54) is 0 Å². The van der Waals surface area contributed by atoms with Crippen molar-refractivity contribution >= 4 is 5.97 Å². The van der Waals surface area contributed by atoms with E-state index in [0.29, 0.717) is 19.4 Å². The average molecular weight is 233 g/mol. The van der Waals surface area contributed by atoms with E-state index < -0.39 is 5.60 Å². The third-order valence-electron chi connectivity index (χ3n) is 1.67. The van der Waals surface area contributed by atoms with Gasteiger partial charge in [-0.3, -0.25) is 4.79 Å². The number of nitrogens with two attached hydrogens (primary N) is 1.